The number of nitrogens with zero attached hydrogens (tertiary/aromatic N) is 1. The van der Waals surface area contributed by atoms with Gasteiger partial charge in [-0.15, -0.1) is 0 Å². The lowest BCUT2D eigenvalue weighted by atomic mass is 9.99. The SMILES string of the molecule is OC[C@@H](O)CNC1CCN2CCCCC12. The highest BCUT2D eigenvalue weighted by Gasteiger charge is 2.35. The molecule has 0 radical (unpaired) electrons. The summed E-state index contributed by atoms with van der Waals surface area (Å²) in [5.41, 5.74) is 0. The normalized spacial score (nSPS) is 34.0. The van der Waals surface area contributed by atoms with Gasteiger partial charge in [-0.05, 0) is 25.8 Å². The van der Waals surface area contributed by atoms with E-state index in [9.17, 15) is 5.11 Å². The third kappa shape index (κ3) is 2.69. The van der Waals surface area contributed by atoms with Crippen LogP contribution in [-0.2, 0) is 0 Å². The summed E-state index contributed by atoms with van der Waals surface area (Å²) in [7, 11) is 0. The minimum atomic E-state index is -0.609. The molecule has 2 unspecified atom stereocenters. The van der Waals surface area contributed by atoms with Gasteiger partial charge in [-0.1, -0.05) is 6.42 Å². The predicted molar refractivity (Wildman–Crippen MR) is 58.7 cm³/mol. The minimum absolute atomic E-state index is 0.145. The summed E-state index contributed by atoms with van der Waals surface area (Å²) >= 11 is 0. The Balaban J connectivity index is 1.78. The van der Waals surface area contributed by atoms with Crippen molar-refractivity contribution in [1.82, 2.24) is 10.2 Å². The van der Waals surface area contributed by atoms with Crippen LogP contribution in [0.25, 0.3) is 0 Å². The zero-order valence-electron chi connectivity index (χ0n) is 9.23. The van der Waals surface area contributed by atoms with Crippen LogP contribution in [0, 0.1) is 0 Å². The summed E-state index contributed by atoms with van der Waals surface area (Å²) in [5, 5.41) is 21.4. The van der Waals surface area contributed by atoms with Crippen LogP contribution in [0.5, 0.6) is 0 Å². The summed E-state index contributed by atoms with van der Waals surface area (Å²) in [6.45, 7) is 2.81. The third-order valence-electron chi connectivity index (χ3n) is 3.68. The number of rotatable bonds is 4. The van der Waals surface area contributed by atoms with Gasteiger partial charge in [-0.25, -0.2) is 0 Å². The maximum absolute atomic E-state index is 9.29. The monoisotopic (exact) mass is 214 g/mol. The van der Waals surface area contributed by atoms with Gasteiger partial charge < -0.3 is 15.5 Å². The molecular formula is C11H22N2O2. The van der Waals surface area contributed by atoms with Crippen molar-refractivity contribution in [3.05, 3.63) is 0 Å². The highest BCUT2D eigenvalue weighted by atomic mass is 16.3. The summed E-state index contributed by atoms with van der Waals surface area (Å²) < 4.78 is 0. The van der Waals surface area contributed by atoms with Crippen molar-refractivity contribution in [2.24, 2.45) is 0 Å². The molecule has 0 bridgehead atoms. The molecule has 2 aliphatic rings. The molecule has 2 aliphatic heterocycles. The highest BCUT2D eigenvalue weighted by Crippen LogP contribution is 2.26. The van der Waals surface area contributed by atoms with E-state index in [0.717, 1.165) is 0 Å². The van der Waals surface area contributed by atoms with Gasteiger partial charge in [-0.2, -0.15) is 0 Å². The predicted octanol–water partition coefficient (Wildman–Crippen LogP) is -0.444. The smallest absolute Gasteiger partial charge is 0.0895 e. The number of aliphatic hydroxyl groups excluding tert-OH is 2. The number of piperidine rings is 1. The van der Waals surface area contributed by atoms with Gasteiger partial charge in [0.05, 0.1) is 12.7 Å². The molecule has 3 N–H and O–H groups in total. The highest BCUT2D eigenvalue weighted by molar-refractivity contribution is 4.94. The molecule has 15 heavy (non-hydrogen) atoms. The fraction of sp³-hybridized carbons (Fsp3) is 1.00. The van der Waals surface area contributed by atoms with E-state index in [1.165, 1.54) is 38.8 Å². The van der Waals surface area contributed by atoms with Gasteiger partial charge in [0.2, 0.25) is 0 Å². The van der Waals surface area contributed by atoms with E-state index in [1.807, 2.05) is 0 Å². The van der Waals surface area contributed by atoms with E-state index in [2.05, 4.69) is 10.2 Å². The first-order valence-electron chi connectivity index (χ1n) is 6.07. The number of aliphatic hydroxyl groups is 2. The molecule has 2 saturated heterocycles. The Morgan fingerprint density at radius 2 is 2.13 bits per heavy atom. The molecule has 0 spiro atoms. The van der Waals surface area contributed by atoms with Crippen LogP contribution in [0.15, 0.2) is 0 Å². The van der Waals surface area contributed by atoms with Gasteiger partial charge in [-0.3, -0.25) is 4.90 Å². The molecule has 4 nitrogen and oxygen atoms in total. The number of hydrogen-bond donors (Lipinski definition) is 3. The fourth-order valence-corrected chi connectivity index (χ4v) is 2.84. The van der Waals surface area contributed by atoms with E-state index in [4.69, 9.17) is 5.11 Å². The quantitative estimate of drug-likeness (QED) is 0.594. The average molecular weight is 214 g/mol. The largest absolute Gasteiger partial charge is 0.394 e. The Hall–Kier alpha value is -0.160. The second kappa shape index (κ2) is 5.25. The maximum Gasteiger partial charge on any atom is 0.0895 e. The zero-order valence-corrected chi connectivity index (χ0v) is 9.23. The molecule has 2 heterocycles. The van der Waals surface area contributed by atoms with Crippen LogP contribution in [0.1, 0.15) is 25.7 Å². The van der Waals surface area contributed by atoms with Gasteiger partial charge in [0, 0.05) is 25.2 Å². The zero-order chi connectivity index (χ0) is 10.7. The van der Waals surface area contributed by atoms with Gasteiger partial charge in [0.1, 0.15) is 0 Å². The van der Waals surface area contributed by atoms with Crippen molar-refractivity contribution in [2.75, 3.05) is 26.2 Å². The first kappa shape index (κ1) is 11.3. The Labute approximate surface area is 91.3 Å². The summed E-state index contributed by atoms with van der Waals surface area (Å²) in [6, 6.07) is 1.19. The van der Waals surface area contributed by atoms with Gasteiger partial charge in [0.15, 0.2) is 0 Å². The molecule has 0 saturated carbocycles. The summed E-state index contributed by atoms with van der Waals surface area (Å²) in [4.78, 5) is 2.56. The van der Waals surface area contributed by atoms with Crippen LogP contribution in [-0.4, -0.2) is 59.5 Å². The van der Waals surface area contributed by atoms with Crippen molar-refractivity contribution < 1.29 is 10.2 Å². The van der Waals surface area contributed by atoms with Crippen molar-refractivity contribution in [3.63, 3.8) is 0 Å². The van der Waals surface area contributed by atoms with Crippen LogP contribution in [0.4, 0.5) is 0 Å². The fourth-order valence-electron chi connectivity index (χ4n) is 2.84. The molecule has 0 aromatic heterocycles. The van der Waals surface area contributed by atoms with Crippen molar-refractivity contribution >= 4 is 0 Å². The lowest BCUT2D eigenvalue weighted by Crippen LogP contribution is -2.47. The average Bonchev–Trinajstić information content (AvgIpc) is 2.69. The molecular weight excluding hydrogens is 192 g/mol. The molecule has 4 heteroatoms. The molecule has 0 aliphatic carbocycles. The topological polar surface area (TPSA) is 55.7 Å². The Morgan fingerprint density at radius 1 is 1.27 bits per heavy atom. The molecule has 3 atom stereocenters. The lowest BCUT2D eigenvalue weighted by Gasteiger charge is -2.32. The summed E-state index contributed by atoms with van der Waals surface area (Å²) in [6.07, 6.45) is 4.53. The van der Waals surface area contributed by atoms with E-state index in [1.54, 1.807) is 0 Å². The molecule has 0 aromatic rings. The van der Waals surface area contributed by atoms with Crippen molar-refractivity contribution in [1.29, 1.82) is 0 Å². The second-order valence-electron chi connectivity index (χ2n) is 4.74. The Kier molecular flexibility index (Phi) is 3.97. The Morgan fingerprint density at radius 3 is 2.93 bits per heavy atom. The van der Waals surface area contributed by atoms with Crippen LogP contribution in [0.2, 0.25) is 0 Å². The number of hydrogen-bond acceptors (Lipinski definition) is 4. The van der Waals surface area contributed by atoms with Crippen molar-refractivity contribution in [3.8, 4) is 0 Å². The van der Waals surface area contributed by atoms with Gasteiger partial charge >= 0.3 is 0 Å². The van der Waals surface area contributed by atoms with Crippen LogP contribution >= 0.6 is 0 Å². The van der Waals surface area contributed by atoms with E-state index < -0.39 is 6.10 Å². The molecule has 88 valence electrons. The second-order valence-corrected chi connectivity index (χ2v) is 4.74. The molecule has 0 amide bonds. The number of fused-ring (bicyclic) bond motifs is 1. The van der Waals surface area contributed by atoms with E-state index >= 15 is 0 Å². The third-order valence-corrected chi connectivity index (χ3v) is 3.68. The molecule has 2 rings (SSSR count). The Bertz CT molecular complexity index is 201. The van der Waals surface area contributed by atoms with Crippen LogP contribution < -0.4 is 5.32 Å². The molecule has 0 aromatic carbocycles. The number of nitrogens with one attached hydrogen (secondary N) is 1. The first-order valence-corrected chi connectivity index (χ1v) is 6.07. The van der Waals surface area contributed by atoms with Crippen molar-refractivity contribution in [2.45, 2.75) is 43.9 Å². The van der Waals surface area contributed by atoms with Crippen LogP contribution in [0.3, 0.4) is 0 Å². The first-order chi connectivity index (χ1) is 7.31. The maximum atomic E-state index is 9.29. The minimum Gasteiger partial charge on any atom is -0.394 e. The molecule has 2 fully saturated rings. The van der Waals surface area contributed by atoms with Gasteiger partial charge in [0.25, 0.3) is 0 Å². The van der Waals surface area contributed by atoms with E-state index in [0.29, 0.717) is 18.6 Å². The standard InChI is InChI=1S/C11H22N2O2/c14-8-9(15)7-12-10-4-6-13-5-2-1-3-11(10)13/h9-12,14-15H,1-8H2/t9-,10?,11?/m0/s1. The summed E-state index contributed by atoms with van der Waals surface area (Å²) in [5.74, 6) is 0. The van der Waals surface area contributed by atoms with E-state index in [-0.39, 0.29) is 6.61 Å². The lowest BCUT2D eigenvalue weighted by molar-refractivity contribution is 0.0885.